The van der Waals surface area contributed by atoms with Crippen molar-refractivity contribution in [2.24, 2.45) is 0 Å². The number of hydrogen-bond acceptors (Lipinski definition) is 9. The monoisotopic (exact) mass is 406 g/mol. The van der Waals surface area contributed by atoms with E-state index in [2.05, 4.69) is 31.5 Å². The molecule has 0 aromatic carbocycles. The van der Waals surface area contributed by atoms with Crippen molar-refractivity contribution < 1.29 is 19.2 Å². The fraction of sp³-hybridized carbons (Fsp3) is 0.500. The molecule has 13 heteroatoms. The zero-order chi connectivity index (χ0) is 18.7. The molecule has 0 spiro atoms. The Morgan fingerprint density at radius 2 is 1.24 bits per heavy atom. The minimum Gasteiger partial charge on any atom is -0.338 e. The van der Waals surface area contributed by atoms with Crippen LogP contribution < -0.4 is 21.3 Å². The third-order valence-electron chi connectivity index (χ3n) is 2.22. The van der Waals surface area contributed by atoms with Crippen LogP contribution in [0.4, 0.5) is 9.59 Å². The molecule has 6 amide bonds. The zero-order valence-electron chi connectivity index (χ0n) is 13.6. The van der Waals surface area contributed by atoms with Crippen LogP contribution in [0.5, 0.6) is 0 Å². The number of aromatic nitrogens is 2. The summed E-state index contributed by atoms with van der Waals surface area (Å²) in [4.78, 5) is 45.5. The molecule has 1 rings (SSSR count). The average Bonchev–Trinajstić information content (AvgIpc) is 2.99. The van der Waals surface area contributed by atoms with E-state index in [-0.39, 0.29) is 11.5 Å². The van der Waals surface area contributed by atoms with Crippen molar-refractivity contribution in [1.29, 1.82) is 0 Å². The molecule has 0 aliphatic heterocycles. The number of thioether (sulfide) groups is 2. The number of carbonyl (C=O) groups excluding carboxylic acids is 4. The number of urea groups is 2. The number of nitrogens with one attached hydrogen (secondary N) is 4. The maximum atomic E-state index is 11.5. The lowest BCUT2D eigenvalue weighted by Gasteiger charge is -2.03. The molecular formula is C12H18N6O4S3. The number of imide groups is 2. The third-order valence-corrected chi connectivity index (χ3v) is 5.41. The van der Waals surface area contributed by atoms with Crippen molar-refractivity contribution in [2.75, 3.05) is 24.6 Å². The molecule has 4 N–H and O–H groups in total. The fourth-order valence-corrected chi connectivity index (χ4v) is 3.92. The van der Waals surface area contributed by atoms with Gasteiger partial charge in [0, 0.05) is 13.1 Å². The van der Waals surface area contributed by atoms with E-state index in [4.69, 9.17) is 0 Å². The van der Waals surface area contributed by atoms with E-state index in [1.807, 2.05) is 0 Å². The van der Waals surface area contributed by atoms with Gasteiger partial charge in [-0.2, -0.15) is 0 Å². The summed E-state index contributed by atoms with van der Waals surface area (Å²) >= 11 is 3.49. The second-order valence-electron chi connectivity index (χ2n) is 4.23. The van der Waals surface area contributed by atoms with Crippen molar-refractivity contribution in [1.82, 2.24) is 31.5 Å². The highest BCUT2D eigenvalue weighted by Gasteiger charge is 2.12. The van der Waals surface area contributed by atoms with Gasteiger partial charge in [-0.15, -0.1) is 10.2 Å². The Balaban J connectivity index is 2.32. The van der Waals surface area contributed by atoms with Gasteiger partial charge in [-0.3, -0.25) is 20.2 Å². The van der Waals surface area contributed by atoms with E-state index in [0.29, 0.717) is 21.8 Å². The first-order valence-corrected chi connectivity index (χ1v) is 9.97. The molecule has 0 radical (unpaired) electrons. The standard InChI is InChI=1S/C12H18N6O4S3/c1-3-13-9(21)15-7(19)5-23-11-17-18-12(25-11)24-6-8(20)16-10(22)14-4-2/h3-6H2,1-2H3,(H2,13,15,19,21)(H2,14,16,20,22). The molecule has 0 aliphatic carbocycles. The molecule has 25 heavy (non-hydrogen) atoms. The van der Waals surface area contributed by atoms with Crippen LogP contribution in [0, 0.1) is 0 Å². The van der Waals surface area contributed by atoms with Crippen LogP contribution in [0.25, 0.3) is 0 Å². The Hall–Kier alpha value is -1.86. The average molecular weight is 407 g/mol. The van der Waals surface area contributed by atoms with Crippen LogP contribution in [0.1, 0.15) is 13.8 Å². The third kappa shape index (κ3) is 9.26. The van der Waals surface area contributed by atoms with Crippen molar-refractivity contribution in [3.63, 3.8) is 0 Å². The molecule has 1 heterocycles. The lowest BCUT2D eigenvalue weighted by molar-refractivity contribution is -0.118. The van der Waals surface area contributed by atoms with Crippen molar-refractivity contribution in [2.45, 2.75) is 22.5 Å². The summed E-state index contributed by atoms with van der Waals surface area (Å²) in [6.07, 6.45) is 0. The van der Waals surface area contributed by atoms with Gasteiger partial charge < -0.3 is 10.6 Å². The second-order valence-corrected chi connectivity index (χ2v) is 7.65. The molecule has 0 saturated carbocycles. The smallest absolute Gasteiger partial charge is 0.321 e. The highest BCUT2D eigenvalue weighted by atomic mass is 32.2. The van der Waals surface area contributed by atoms with Crippen molar-refractivity contribution in [3.05, 3.63) is 0 Å². The first-order chi connectivity index (χ1) is 11.9. The van der Waals surface area contributed by atoms with E-state index >= 15 is 0 Å². The number of hydrogen-bond donors (Lipinski definition) is 4. The van der Waals surface area contributed by atoms with Crippen molar-refractivity contribution >= 4 is 58.7 Å². The predicted molar refractivity (Wildman–Crippen MR) is 95.8 cm³/mol. The van der Waals surface area contributed by atoms with Crippen LogP contribution in [-0.2, 0) is 9.59 Å². The molecule has 0 fully saturated rings. The van der Waals surface area contributed by atoms with Gasteiger partial charge >= 0.3 is 12.1 Å². The minimum atomic E-state index is -0.542. The minimum absolute atomic E-state index is 0.0219. The molecule has 0 saturated heterocycles. The van der Waals surface area contributed by atoms with Crippen LogP contribution in [0.2, 0.25) is 0 Å². The molecular weight excluding hydrogens is 388 g/mol. The highest BCUT2D eigenvalue weighted by Crippen LogP contribution is 2.28. The van der Waals surface area contributed by atoms with Gasteiger partial charge in [0.15, 0.2) is 8.68 Å². The first-order valence-electron chi connectivity index (χ1n) is 7.19. The summed E-state index contributed by atoms with van der Waals surface area (Å²) < 4.78 is 1.08. The van der Waals surface area contributed by atoms with Crippen LogP contribution in [0.15, 0.2) is 8.68 Å². The summed E-state index contributed by atoms with van der Waals surface area (Å²) in [6, 6.07) is -1.08. The Labute approximate surface area is 156 Å². The van der Waals surface area contributed by atoms with Gasteiger partial charge in [-0.25, -0.2) is 9.59 Å². The van der Waals surface area contributed by atoms with Gasteiger partial charge in [0.1, 0.15) is 0 Å². The Morgan fingerprint density at radius 3 is 1.60 bits per heavy atom. The second kappa shape index (κ2) is 11.7. The predicted octanol–water partition coefficient (Wildman–Crippen LogP) is 0.414. The summed E-state index contributed by atoms with van der Waals surface area (Å²) in [5.41, 5.74) is 0. The van der Waals surface area contributed by atoms with Crippen LogP contribution >= 0.6 is 34.9 Å². The quantitative estimate of drug-likeness (QED) is 0.455. The number of carbonyl (C=O) groups is 4. The van der Waals surface area contributed by atoms with E-state index in [1.54, 1.807) is 13.8 Å². The van der Waals surface area contributed by atoms with Gasteiger partial charge in [-0.05, 0) is 13.8 Å². The fourth-order valence-electron chi connectivity index (χ4n) is 1.30. The molecule has 0 unspecified atom stereocenters. The van der Waals surface area contributed by atoms with Gasteiger partial charge in [0.25, 0.3) is 0 Å². The molecule has 0 bridgehead atoms. The molecule has 0 aliphatic rings. The number of rotatable bonds is 8. The highest BCUT2D eigenvalue weighted by molar-refractivity contribution is 8.03. The molecule has 0 atom stereocenters. The first kappa shape index (κ1) is 21.2. The number of nitrogens with zero attached hydrogens (tertiary/aromatic N) is 2. The van der Waals surface area contributed by atoms with Gasteiger partial charge in [-0.1, -0.05) is 34.9 Å². The van der Waals surface area contributed by atoms with Gasteiger partial charge in [0.05, 0.1) is 11.5 Å². The summed E-state index contributed by atoms with van der Waals surface area (Å²) in [5, 5.41) is 17.0. The van der Waals surface area contributed by atoms with E-state index in [0.717, 1.165) is 23.5 Å². The van der Waals surface area contributed by atoms with E-state index in [9.17, 15) is 19.2 Å². The lowest BCUT2D eigenvalue weighted by Crippen LogP contribution is -2.40. The number of amides is 6. The zero-order valence-corrected chi connectivity index (χ0v) is 16.0. The maximum Gasteiger partial charge on any atom is 0.321 e. The van der Waals surface area contributed by atoms with Crippen LogP contribution in [-0.4, -0.2) is 58.7 Å². The van der Waals surface area contributed by atoms with Crippen LogP contribution in [0.3, 0.4) is 0 Å². The summed E-state index contributed by atoms with van der Waals surface area (Å²) in [6.45, 7) is 4.35. The van der Waals surface area contributed by atoms with E-state index < -0.39 is 23.9 Å². The van der Waals surface area contributed by atoms with E-state index in [1.165, 1.54) is 11.3 Å². The lowest BCUT2D eigenvalue weighted by atomic mass is 10.6. The summed E-state index contributed by atoms with van der Waals surface area (Å²) in [5.74, 6) is -0.842. The van der Waals surface area contributed by atoms with Gasteiger partial charge in [0.2, 0.25) is 11.8 Å². The Kier molecular flexibility index (Phi) is 9.87. The molecule has 10 nitrogen and oxygen atoms in total. The Morgan fingerprint density at radius 1 is 0.840 bits per heavy atom. The SMILES string of the molecule is CCNC(=O)NC(=O)CSc1nnc(SCC(=O)NC(=O)NCC)s1. The topological polar surface area (TPSA) is 142 Å². The largest absolute Gasteiger partial charge is 0.338 e. The molecule has 1 aromatic rings. The Bertz CT molecular complexity index is 573. The molecule has 138 valence electrons. The normalized spacial score (nSPS) is 10.0. The maximum absolute atomic E-state index is 11.5. The molecule has 1 aromatic heterocycles. The van der Waals surface area contributed by atoms with Crippen molar-refractivity contribution in [3.8, 4) is 0 Å². The summed E-state index contributed by atoms with van der Waals surface area (Å²) in [7, 11) is 0.